The van der Waals surface area contributed by atoms with Crippen LogP contribution in [0.5, 0.6) is 0 Å². The molecule has 182 valence electrons. The van der Waals surface area contributed by atoms with Crippen molar-refractivity contribution in [1.82, 2.24) is 10.6 Å². The highest BCUT2D eigenvalue weighted by Crippen LogP contribution is 2.17. The van der Waals surface area contributed by atoms with Gasteiger partial charge < -0.3 is 20.2 Å². The van der Waals surface area contributed by atoms with Crippen LogP contribution in [0.2, 0.25) is 0 Å². The summed E-state index contributed by atoms with van der Waals surface area (Å²) in [6.07, 6.45) is 0.0575. The molecule has 0 aliphatic carbocycles. The normalized spacial score (nSPS) is 13.6. The highest BCUT2D eigenvalue weighted by atomic mass is 16.5. The van der Waals surface area contributed by atoms with Gasteiger partial charge in [0, 0.05) is 17.9 Å². The van der Waals surface area contributed by atoms with Crippen LogP contribution in [-0.2, 0) is 23.9 Å². The molecule has 2 amide bonds. The van der Waals surface area contributed by atoms with E-state index in [0.29, 0.717) is 11.8 Å². The van der Waals surface area contributed by atoms with E-state index in [1.807, 2.05) is 44.2 Å². The third-order valence-electron chi connectivity index (χ3n) is 5.45. The largest absolute Gasteiger partial charge is 0.466 e. The maximum absolute atomic E-state index is 13.0. The van der Waals surface area contributed by atoms with E-state index in [4.69, 9.17) is 4.74 Å². The smallest absolute Gasteiger partial charge is 0.308 e. The molecule has 0 saturated heterocycles. The molecule has 2 N–H and O–H groups in total. The van der Waals surface area contributed by atoms with Crippen LogP contribution >= 0.6 is 0 Å². The number of ether oxygens (including phenoxy) is 1. The fraction of sp³-hybridized carbons (Fsp3) is 0.423. The van der Waals surface area contributed by atoms with Gasteiger partial charge in [-0.3, -0.25) is 19.2 Å². The minimum Gasteiger partial charge on any atom is -0.466 e. The monoisotopic (exact) mass is 468 g/mol. The number of Topliss-reactive ketones (excluding diaryl/α,β-unsaturated/α-hetero) is 1. The minimum atomic E-state index is -1.03. The molecule has 0 saturated carbocycles. The number of hydrogen-bond acceptors (Lipinski definition) is 6. The molecule has 3 unspecified atom stereocenters. The Labute approximate surface area is 199 Å². The molecule has 2 aromatic carbocycles. The van der Waals surface area contributed by atoms with Gasteiger partial charge in [0.1, 0.15) is 6.29 Å². The molecule has 8 heteroatoms. The van der Waals surface area contributed by atoms with E-state index < -0.39 is 29.9 Å². The number of rotatable bonds is 12. The van der Waals surface area contributed by atoms with Crippen LogP contribution in [0.15, 0.2) is 42.5 Å². The summed E-state index contributed by atoms with van der Waals surface area (Å²) < 4.78 is 4.79. The molecule has 2 aromatic rings. The number of ketones is 1. The second-order valence-corrected chi connectivity index (χ2v) is 8.59. The van der Waals surface area contributed by atoms with Gasteiger partial charge in [0.15, 0.2) is 5.78 Å². The molecule has 0 aromatic heterocycles. The first-order valence-corrected chi connectivity index (χ1v) is 11.4. The van der Waals surface area contributed by atoms with Crippen molar-refractivity contribution in [2.45, 2.75) is 52.6 Å². The lowest BCUT2D eigenvalue weighted by Crippen LogP contribution is -2.46. The fourth-order valence-electron chi connectivity index (χ4n) is 3.55. The molecular weight excluding hydrogens is 436 g/mol. The van der Waals surface area contributed by atoms with Gasteiger partial charge in [0.2, 0.25) is 5.91 Å². The first kappa shape index (κ1) is 26.7. The van der Waals surface area contributed by atoms with Crippen molar-refractivity contribution in [3.05, 3.63) is 48.0 Å². The number of esters is 1. The predicted molar refractivity (Wildman–Crippen MR) is 128 cm³/mol. The molecule has 0 bridgehead atoms. The number of aldehydes is 1. The third-order valence-corrected chi connectivity index (χ3v) is 5.45. The van der Waals surface area contributed by atoms with Gasteiger partial charge in [-0.2, -0.15) is 0 Å². The van der Waals surface area contributed by atoms with E-state index in [1.54, 1.807) is 26.0 Å². The highest BCUT2D eigenvalue weighted by molar-refractivity contribution is 6.01. The average molecular weight is 469 g/mol. The van der Waals surface area contributed by atoms with Crippen molar-refractivity contribution in [2.24, 2.45) is 11.8 Å². The number of hydrogen-bond donors (Lipinski definition) is 2. The number of carbonyl (C=O) groups excluding carboxylic acids is 5. The third kappa shape index (κ3) is 7.50. The maximum Gasteiger partial charge on any atom is 0.308 e. The van der Waals surface area contributed by atoms with Crippen LogP contribution in [0, 0.1) is 11.8 Å². The SMILES string of the molecule is CCOC(=O)CC(C=O)NC(=O)C(C)CC(=O)C(NC(=O)c1ccc2ccccc2c1)C(C)C. The zero-order valence-electron chi connectivity index (χ0n) is 20.0. The zero-order valence-corrected chi connectivity index (χ0v) is 20.0. The average Bonchev–Trinajstić information content (AvgIpc) is 2.81. The number of carbonyl (C=O) groups is 5. The fourth-order valence-corrected chi connectivity index (χ4v) is 3.55. The molecule has 0 aliphatic heterocycles. The summed E-state index contributed by atoms with van der Waals surface area (Å²) in [5.41, 5.74) is 0.440. The molecule has 0 heterocycles. The van der Waals surface area contributed by atoms with E-state index in [0.717, 1.165) is 10.8 Å². The topological polar surface area (TPSA) is 119 Å². The van der Waals surface area contributed by atoms with E-state index in [9.17, 15) is 24.0 Å². The van der Waals surface area contributed by atoms with Gasteiger partial charge in [-0.1, -0.05) is 51.1 Å². The number of amides is 2. The summed E-state index contributed by atoms with van der Waals surface area (Å²) in [5.74, 6) is -2.74. The van der Waals surface area contributed by atoms with Crippen LogP contribution in [0.3, 0.4) is 0 Å². The Balaban J connectivity index is 2.01. The van der Waals surface area contributed by atoms with Crippen LogP contribution in [0.25, 0.3) is 10.8 Å². The van der Waals surface area contributed by atoms with Crippen molar-refractivity contribution in [1.29, 1.82) is 0 Å². The summed E-state index contributed by atoms with van der Waals surface area (Å²) in [7, 11) is 0. The quantitative estimate of drug-likeness (QED) is 0.365. The lowest BCUT2D eigenvalue weighted by Gasteiger charge is -2.23. The van der Waals surface area contributed by atoms with Gasteiger partial charge in [-0.15, -0.1) is 0 Å². The lowest BCUT2D eigenvalue weighted by molar-refractivity contribution is -0.144. The van der Waals surface area contributed by atoms with Crippen LogP contribution in [-0.4, -0.2) is 48.5 Å². The van der Waals surface area contributed by atoms with Gasteiger partial charge in [-0.25, -0.2) is 0 Å². The summed E-state index contributed by atoms with van der Waals surface area (Å²) >= 11 is 0. The standard InChI is InChI=1S/C26H32N2O6/c1-5-34-23(31)14-21(15-29)27-25(32)17(4)12-22(30)24(16(2)3)28-26(33)20-11-10-18-8-6-7-9-19(18)13-20/h6-11,13,15-17,21,24H,5,12,14H2,1-4H3,(H,27,32)(H,28,33). The summed E-state index contributed by atoms with van der Waals surface area (Å²) in [6, 6.07) is 11.2. The summed E-state index contributed by atoms with van der Waals surface area (Å²) in [5, 5.41) is 7.19. The first-order valence-electron chi connectivity index (χ1n) is 11.4. The van der Waals surface area contributed by atoms with Crippen molar-refractivity contribution >= 4 is 40.6 Å². The Kier molecular flexibility index (Phi) is 9.92. The maximum atomic E-state index is 13.0. The Hall–Kier alpha value is -3.55. The number of nitrogens with one attached hydrogen (secondary N) is 2. The highest BCUT2D eigenvalue weighted by Gasteiger charge is 2.29. The lowest BCUT2D eigenvalue weighted by atomic mass is 9.92. The van der Waals surface area contributed by atoms with E-state index in [-0.39, 0.29) is 37.1 Å². The molecule has 3 atom stereocenters. The van der Waals surface area contributed by atoms with Crippen molar-refractivity contribution in [2.75, 3.05) is 6.61 Å². The molecule has 0 spiro atoms. The molecule has 34 heavy (non-hydrogen) atoms. The van der Waals surface area contributed by atoms with Crippen molar-refractivity contribution < 1.29 is 28.7 Å². The van der Waals surface area contributed by atoms with E-state index in [2.05, 4.69) is 10.6 Å². The van der Waals surface area contributed by atoms with Crippen LogP contribution < -0.4 is 10.6 Å². The van der Waals surface area contributed by atoms with Crippen molar-refractivity contribution in [3.63, 3.8) is 0 Å². The molecule has 0 radical (unpaired) electrons. The van der Waals surface area contributed by atoms with E-state index >= 15 is 0 Å². The molecule has 8 nitrogen and oxygen atoms in total. The van der Waals surface area contributed by atoms with Crippen LogP contribution in [0.1, 0.15) is 50.9 Å². The number of benzene rings is 2. The molecular formula is C26H32N2O6. The minimum absolute atomic E-state index is 0.127. The van der Waals surface area contributed by atoms with Crippen molar-refractivity contribution in [3.8, 4) is 0 Å². The Bertz CT molecular complexity index is 1050. The second kappa shape index (κ2) is 12.6. The molecule has 0 fully saturated rings. The van der Waals surface area contributed by atoms with Gasteiger partial charge in [0.25, 0.3) is 5.91 Å². The van der Waals surface area contributed by atoms with Gasteiger partial charge >= 0.3 is 5.97 Å². The molecule has 0 aliphatic rings. The Morgan fingerprint density at radius 3 is 2.24 bits per heavy atom. The summed E-state index contributed by atoms with van der Waals surface area (Å²) in [4.78, 5) is 61.1. The second-order valence-electron chi connectivity index (χ2n) is 8.59. The summed E-state index contributed by atoms with van der Waals surface area (Å²) in [6.45, 7) is 7.00. The Morgan fingerprint density at radius 2 is 1.62 bits per heavy atom. The van der Waals surface area contributed by atoms with Gasteiger partial charge in [-0.05, 0) is 35.7 Å². The van der Waals surface area contributed by atoms with E-state index in [1.165, 1.54) is 0 Å². The first-order chi connectivity index (χ1) is 16.2. The molecule has 2 rings (SSSR count). The predicted octanol–water partition coefficient (Wildman–Crippen LogP) is 2.83. The Morgan fingerprint density at radius 1 is 0.941 bits per heavy atom. The van der Waals surface area contributed by atoms with Crippen LogP contribution in [0.4, 0.5) is 0 Å². The number of fused-ring (bicyclic) bond motifs is 1. The van der Waals surface area contributed by atoms with Gasteiger partial charge in [0.05, 0.1) is 25.1 Å². The zero-order chi connectivity index (χ0) is 25.3.